The topological polar surface area (TPSA) is 61.5 Å². The van der Waals surface area contributed by atoms with Crippen LogP contribution in [0.1, 0.15) is 52.4 Å². The van der Waals surface area contributed by atoms with Gasteiger partial charge in [-0.3, -0.25) is 4.79 Å². The molecule has 4 nitrogen and oxygen atoms in total. The van der Waals surface area contributed by atoms with E-state index in [1.807, 2.05) is 6.92 Å². The predicted molar refractivity (Wildman–Crippen MR) is 87.9 cm³/mol. The van der Waals surface area contributed by atoms with E-state index in [4.69, 9.17) is 15.2 Å². The Morgan fingerprint density at radius 2 is 1.55 bits per heavy atom. The lowest BCUT2D eigenvalue weighted by Crippen LogP contribution is -2.56. The van der Waals surface area contributed by atoms with Crippen molar-refractivity contribution in [3.8, 4) is 0 Å². The Bertz CT molecular complexity index is 377. The van der Waals surface area contributed by atoms with Crippen LogP contribution in [0.15, 0.2) is 0 Å². The Hall–Kier alpha value is -0.320. The highest BCUT2D eigenvalue weighted by atomic mass is 35.5. The predicted octanol–water partition coefficient (Wildman–Crippen LogP) is 2.92. The Labute approximate surface area is 139 Å². The van der Waals surface area contributed by atoms with Gasteiger partial charge in [-0.15, -0.1) is 12.4 Å². The van der Waals surface area contributed by atoms with Crippen LogP contribution < -0.4 is 5.73 Å². The lowest BCUT2D eigenvalue weighted by molar-refractivity contribution is -0.184. The van der Waals surface area contributed by atoms with Crippen LogP contribution in [-0.4, -0.2) is 31.3 Å². The molecule has 0 heterocycles. The molecule has 2 N–H and O–H groups in total. The number of carbonyl (C=O) groups excluding carboxylic acids is 1. The molecular weight excluding hydrogens is 302 g/mol. The highest BCUT2D eigenvalue weighted by Gasteiger charge is 2.56. The van der Waals surface area contributed by atoms with Crippen LogP contribution in [0.25, 0.3) is 0 Å². The van der Waals surface area contributed by atoms with Crippen molar-refractivity contribution >= 4 is 18.4 Å². The fraction of sp³-hybridized carbons (Fsp3) is 0.941. The Morgan fingerprint density at radius 3 is 1.91 bits per heavy atom. The number of esters is 1. The zero-order valence-corrected chi connectivity index (χ0v) is 14.7. The molecule has 22 heavy (non-hydrogen) atoms. The average molecular weight is 332 g/mol. The lowest BCUT2D eigenvalue weighted by Gasteiger charge is -2.59. The van der Waals surface area contributed by atoms with Crippen LogP contribution in [0.3, 0.4) is 0 Å². The second-order valence-corrected chi connectivity index (χ2v) is 7.87. The van der Waals surface area contributed by atoms with Gasteiger partial charge < -0.3 is 15.2 Å². The smallest absolute Gasteiger partial charge is 0.322 e. The molecule has 0 spiro atoms. The minimum atomic E-state index is -0.568. The van der Waals surface area contributed by atoms with E-state index in [1.165, 1.54) is 38.5 Å². The SMILES string of the molecule is CO[C@@H]([C@H](C)OC(=O)[C@H](C)N)C12CC3CC(CC(C3)C1)C2.Cl. The first kappa shape index (κ1) is 18.0. The van der Waals surface area contributed by atoms with Gasteiger partial charge in [0.05, 0.1) is 6.10 Å². The summed E-state index contributed by atoms with van der Waals surface area (Å²) in [5.74, 6) is 2.27. The van der Waals surface area contributed by atoms with Crippen LogP contribution in [0.4, 0.5) is 0 Å². The summed E-state index contributed by atoms with van der Waals surface area (Å²) in [5, 5.41) is 0. The standard InChI is InChI=1S/C17H29NO3.ClH/c1-10(18)16(19)21-11(2)15(20-3)17-7-12-4-13(8-17)6-14(5-12)9-17;/h10-15H,4-9,18H2,1-3H3;1H/t10-,11-,12?,13?,14?,15-,17?;/m0./s1. The summed E-state index contributed by atoms with van der Waals surface area (Å²) in [7, 11) is 1.76. The number of ether oxygens (including phenoxy) is 2. The van der Waals surface area contributed by atoms with Gasteiger partial charge in [-0.1, -0.05) is 0 Å². The number of rotatable bonds is 5. The largest absolute Gasteiger partial charge is 0.459 e. The van der Waals surface area contributed by atoms with E-state index in [9.17, 15) is 4.79 Å². The second-order valence-electron chi connectivity index (χ2n) is 7.87. The van der Waals surface area contributed by atoms with Crippen LogP contribution in [0.2, 0.25) is 0 Å². The zero-order chi connectivity index (χ0) is 15.2. The van der Waals surface area contributed by atoms with Gasteiger partial charge in [-0.2, -0.15) is 0 Å². The van der Waals surface area contributed by atoms with Crippen molar-refractivity contribution in [1.82, 2.24) is 0 Å². The molecule has 0 amide bonds. The molecule has 0 aromatic rings. The molecular formula is C17H30ClNO3. The molecule has 4 fully saturated rings. The van der Waals surface area contributed by atoms with E-state index in [0.29, 0.717) is 0 Å². The molecule has 4 rings (SSSR count). The van der Waals surface area contributed by atoms with Gasteiger partial charge in [0.2, 0.25) is 0 Å². The zero-order valence-electron chi connectivity index (χ0n) is 13.9. The van der Waals surface area contributed by atoms with Gasteiger partial charge in [-0.25, -0.2) is 0 Å². The molecule has 0 radical (unpaired) electrons. The number of nitrogens with two attached hydrogens (primary N) is 1. The monoisotopic (exact) mass is 331 g/mol. The molecule has 4 saturated carbocycles. The van der Waals surface area contributed by atoms with Gasteiger partial charge in [0.15, 0.2) is 0 Å². The number of methoxy groups -OCH3 is 1. The average Bonchev–Trinajstić information content (AvgIpc) is 2.36. The Morgan fingerprint density at radius 1 is 1.09 bits per heavy atom. The van der Waals surface area contributed by atoms with Crippen molar-refractivity contribution in [1.29, 1.82) is 0 Å². The second kappa shape index (κ2) is 6.66. The van der Waals surface area contributed by atoms with Crippen LogP contribution in [0.5, 0.6) is 0 Å². The van der Waals surface area contributed by atoms with Gasteiger partial charge in [0.1, 0.15) is 12.1 Å². The summed E-state index contributed by atoms with van der Waals surface area (Å²) in [4.78, 5) is 11.8. The summed E-state index contributed by atoms with van der Waals surface area (Å²) >= 11 is 0. The molecule has 0 saturated heterocycles. The van der Waals surface area contributed by atoms with Gasteiger partial charge in [0.25, 0.3) is 0 Å². The maximum absolute atomic E-state index is 11.8. The highest BCUT2D eigenvalue weighted by molar-refractivity contribution is 5.85. The molecule has 4 aliphatic carbocycles. The fourth-order valence-corrected chi connectivity index (χ4v) is 5.82. The first-order chi connectivity index (χ1) is 9.93. The number of carbonyl (C=O) groups is 1. The maximum Gasteiger partial charge on any atom is 0.322 e. The van der Waals surface area contributed by atoms with E-state index >= 15 is 0 Å². The minimum Gasteiger partial charge on any atom is -0.459 e. The number of halogens is 1. The molecule has 5 heteroatoms. The van der Waals surface area contributed by atoms with Crippen molar-refractivity contribution in [3.63, 3.8) is 0 Å². The van der Waals surface area contributed by atoms with Crippen LogP contribution in [-0.2, 0) is 14.3 Å². The Balaban J connectivity index is 0.00000176. The van der Waals surface area contributed by atoms with Crippen molar-refractivity contribution in [2.24, 2.45) is 28.9 Å². The summed E-state index contributed by atoms with van der Waals surface area (Å²) < 4.78 is 11.4. The minimum absolute atomic E-state index is 0. The third-order valence-electron chi connectivity index (χ3n) is 6.04. The molecule has 4 aliphatic rings. The molecule has 4 bridgehead atoms. The third-order valence-corrected chi connectivity index (χ3v) is 6.04. The van der Waals surface area contributed by atoms with E-state index in [2.05, 4.69) is 0 Å². The normalized spacial score (nSPS) is 39.7. The van der Waals surface area contributed by atoms with Gasteiger partial charge in [-0.05, 0) is 70.1 Å². The van der Waals surface area contributed by atoms with E-state index in [0.717, 1.165) is 17.8 Å². The van der Waals surface area contributed by atoms with Crippen molar-refractivity contribution in [3.05, 3.63) is 0 Å². The number of hydrogen-bond donors (Lipinski definition) is 1. The van der Waals surface area contributed by atoms with Gasteiger partial charge in [0, 0.05) is 12.5 Å². The molecule has 0 aromatic carbocycles. The molecule has 3 atom stereocenters. The summed E-state index contributed by atoms with van der Waals surface area (Å²) in [6.45, 7) is 3.63. The van der Waals surface area contributed by atoms with E-state index < -0.39 is 6.04 Å². The van der Waals surface area contributed by atoms with Crippen LogP contribution in [0, 0.1) is 23.2 Å². The van der Waals surface area contributed by atoms with E-state index in [-0.39, 0.29) is 36.0 Å². The summed E-state index contributed by atoms with van der Waals surface area (Å²) in [6.07, 6.45) is 7.75. The van der Waals surface area contributed by atoms with E-state index in [1.54, 1.807) is 14.0 Å². The quantitative estimate of drug-likeness (QED) is 0.787. The molecule has 0 aromatic heterocycles. The summed E-state index contributed by atoms with van der Waals surface area (Å²) in [6, 6.07) is -0.568. The number of hydrogen-bond acceptors (Lipinski definition) is 4. The maximum atomic E-state index is 11.8. The van der Waals surface area contributed by atoms with Crippen molar-refractivity contribution < 1.29 is 14.3 Å². The first-order valence-electron chi connectivity index (χ1n) is 8.42. The highest BCUT2D eigenvalue weighted by Crippen LogP contribution is 2.62. The van der Waals surface area contributed by atoms with Crippen molar-refractivity contribution in [2.45, 2.75) is 70.6 Å². The third kappa shape index (κ3) is 3.15. The Kier molecular flexibility index (Phi) is 5.46. The molecule has 0 unspecified atom stereocenters. The molecule has 0 aliphatic heterocycles. The van der Waals surface area contributed by atoms with Crippen LogP contribution >= 0.6 is 12.4 Å². The van der Waals surface area contributed by atoms with Crippen molar-refractivity contribution in [2.75, 3.05) is 7.11 Å². The summed E-state index contributed by atoms with van der Waals surface area (Å²) in [5.41, 5.74) is 5.84. The molecule has 128 valence electrons. The van der Waals surface area contributed by atoms with Gasteiger partial charge >= 0.3 is 5.97 Å². The lowest BCUT2D eigenvalue weighted by atomic mass is 9.47. The fourth-order valence-electron chi connectivity index (χ4n) is 5.82. The first-order valence-corrected chi connectivity index (χ1v) is 8.42.